The van der Waals surface area contributed by atoms with E-state index in [2.05, 4.69) is 10.6 Å². The van der Waals surface area contributed by atoms with Crippen LogP contribution < -0.4 is 10.6 Å². The molecule has 0 aliphatic heterocycles. The molecule has 0 saturated heterocycles. The summed E-state index contributed by atoms with van der Waals surface area (Å²) in [5.41, 5.74) is 0. The fourth-order valence-corrected chi connectivity index (χ4v) is 2.72. The summed E-state index contributed by atoms with van der Waals surface area (Å²) in [6, 6.07) is 0. The van der Waals surface area contributed by atoms with E-state index in [0.717, 1.165) is 25.7 Å². The summed E-state index contributed by atoms with van der Waals surface area (Å²) in [5, 5.41) is 99.6. The third kappa shape index (κ3) is 11.8. The molecule has 12 heteroatoms. The Balaban J connectivity index is 3.68. The lowest BCUT2D eigenvalue weighted by atomic mass is 10.0. The first kappa shape index (κ1) is 29.5. The largest absolute Gasteiger partial charge is 0.394 e. The van der Waals surface area contributed by atoms with Crippen LogP contribution in [0.25, 0.3) is 0 Å². The van der Waals surface area contributed by atoms with Gasteiger partial charge in [0.05, 0.1) is 25.4 Å². The van der Waals surface area contributed by atoms with Crippen LogP contribution in [0.15, 0.2) is 0 Å². The Labute approximate surface area is 176 Å². The van der Waals surface area contributed by atoms with E-state index < -0.39 is 62.0 Å². The molecule has 182 valence electrons. The predicted molar refractivity (Wildman–Crippen MR) is 106 cm³/mol. The van der Waals surface area contributed by atoms with E-state index in [4.69, 9.17) is 10.2 Å². The van der Waals surface area contributed by atoms with Crippen molar-refractivity contribution in [1.29, 1.82) is 0 Å². The van der Waals surface area contributed by atoms with Gasteiger partial charge in [-0.2, -0.15) is 0 Å². The predicted octanol–water partition coefficient (Wildman–Crippen LogP) is -5.40. The summed E-state index contributed by atoms with van der Waals surface area (Å²) in [6.07, 6.45) is -8.68. The second kappa shape index (κ2) is 17.1. The topological polar surface area (TPSA) is 226 Å². The highest BCUT2D eigenvalue weighted by Crippen LogP contribution is 2.06. The van der Waals surface area contributed by atoms with Gasteiger partial charge in [0.25, 0.3) is 0 Å². The molecule has 8 atom stereocenters. The molecule has 0 fully saturated rings. The zero-order valence-electron chi connectivity index (χ0n) is 17.2. The van der Waals surface area contributed by atoms with Crippen molar-refractivity contribution in [2.24, 2.45) is 0 Å². The molecule has 0 rings (SSSR count). The quantitative estimate of drug-likeness (QED) is 0.0838. The first-order valence-electron chi connectivity index (χ1n) is 10.2. The lowest BCUT2D eigenvalue weighted by Gasteiger charge is -2.25. The van der Waals surface area contributed by atoms with Crippen LogP contribution in [0.5, 0.6) is 0 Å². The second-order valence-corrected chi connectivity index (χ2v) is 7.42. The molecule has 12 N–H and O–H groups in total. The van der Waals surface area contributed by atoms with Crippen LogP contribution in [0.2, 0.25) is 0 Å². The van der Waals surface area contributed by atoms with Gasteiger partial charge in [-0.05, 0) is 25.9 Å². The van der Waals surface area contributed by atoms with Gasteiger partial charge in [-0.15, -0.1) is 0 Å². The monoisotopic (exact) mass is 444 g/mol. The molecule has 0 heterocycles. The lowest BCUT2D eigenvalue weighted by Crippen LogP contribution is -2.49. The maximum atomic E-state index is 9.74. The van der Waals surface area contributed by atoms with Crippen LogP contribution in [0.1, 0.15) is 25.7 Å². The molecule has 0 saturated carbocycles. The Kier molecular flexibility index (Phi) is 16.8. The Hall–Kier alpha value is -0.480. The van der Waals surface area contributed by atoms with E-state index in [1.165, 1.54) is 0 Å². The number of aliphatic hydroxyl groups is 10. The maximum Gasteiger partial charge on any atom is 0.111 e. The van der Waals surface area contributed by atoms with E-state index in [-0.39, 0.29) is 13.1 Å². The van der Waals surface area contributed by atoms with E-state index in [9.17, 15) is 40.9 Å². The van der Waals surface area contributed by atoms with Crippen LogP contribution in [-0.2, 0) is 0 Å². The molecule has 0 aromatic carbocycles. The maximum absolute atomic E-state index is 9.74. The summed E-state index contributed by atoms with van der Waals surface area (Å²) in [4.78, 5) is 0. The molecule has 0 aromatic rings. The highest BCUT2D eigenvalue weighted by Gasteiger charge is 2.30. The van der Waals surface area contributed by atoms with Gasteiger partial charge in [0.2, 0.25) is 0 Å². The third-order valence-corrected chi connectivity index (χ3v) is 4.81. The number of rotatable bonds is 19. The van der Waals surface area contributed by atoms with Crippen molar-refractivity contribution in [3.8, 4) is 0 Å². The Morgan fingerprint density at radius 3 is 1.03 bits per heavy atom. The molecular weight excluding hydrogens is 404 g/mol. The molecule has 0 amide bonds. The molecule has 0 radical (unpaired) electrons. The van der Waals surface area contributed by atoms with Crippen LogP contribution in [0, 0.1) is 0 Å². The standard InChI is InChI=1S/C18H40N2O10/c21-9-13(25)17(29)15(27)11(23)7-19-5-3-1-2-4-6-20-8-12(24)16(28)18(30)14(26)10-22/h11-30H,1-10H2/t11-,12+,13-,14-,15-,16-,17-,18+/m1/s1. The Morgan fingerprint density at radius 2 is 0.733 bits per heavy atom. The van der Waals surface area contributed by atoms with E-state index in [0.29, 0.717) is 13.1 Å². The fourth-order valence-electron chi connectivity index (χ4n) is 2.72. The first-order chi connectivity index (χ1) is 14.2. The highest BCUT2D eigenvalue weighted by atomic mass is 16.4. The number of nitrogens with one attached hydrogen (secondary N) is 2. The molecule has 0 aromatic heterocycles. The smallest absolute Gasteiger partial charge is 0.111 e. The van der Waals surface area contributed by atoms with Gasteiger partial charge in [0.15, 0.2) is 0 Å². The van der Waals surface area contributed by atoms with Gasteiger partial charge in [0, 0.05) is 13.1 Å². The van der Waals surface area contributed by atoms with Crippen molar-refractivity contribution < 1.29 is 51.1 Å². The van der Waals surface area contributed by atoms with Crippen LogP contribution in [-0.4, -0.2) is 139 Å². The Bertz CT molecular complexity index is 373. The van der Waals surface area contributed by atoms with Gasteiger partial charge >= 0.3 is 0 Å². The van der Waals surface area contributed by atoms with Crippen LogP contribution in [0.3, 0.4) is 0 Å². The minimum absolute atomic E-state index is 0.0228. The average Bonchev–Trinajstić information content (AvgIpc) is 2.76. The van der Waals surface area contributed by atoms with Gasteiger partial charge in [-0.3, -0.25) is 0 Å². The van der Waals surface area contributed by atoms with Gasteiger partial charge in [-0.25, -0.2) is 0 Å². The summed E-state index contributed by atoms with van der Waals surface area (Å²) in [6.45, 7) is -0.245. The SMILES string of the molecule is OC[C@@H](O)[C@H](O)[C@H](O)[C@@H](O)CNCCCCCCNC[C@@H](O)[C@@H](O)[C@H](O)[C@H](O)CO. The van der Waals surface area contributed by atoms with Gasteiger partial charge < -0.3 is 61.7 Å². The van der Waals surface area contributed by atoms with E-state index in [1.54, 1.807) is 0 Å². The summed E-state index contributed by atoms with van der Waals surface area (Å²) >= 11 is 0. The number of hydrogen-bond acceptors (Lipinski definition) is 12. The zero-order chi connectivity index (χ0) is 23.1. The summed E-state index contributed by atoms with van der Waals surface area (Å²) < 4.78 is 0. The first-order valence-corrected chi connectivity index (χ1v) is 10.2. The van der Waals surface area contributed by atoms with Crippen molar-refractivity contribution in [3.05, 3.63) is 0 Å². The fraction of sp³-hybridized carbons (Fsp3) is 1.00. The van der Waals surface area contributed by atoms with E-state index in [1.807, 2.05) is 0 Å². The van der Waals surface area contributed by atoms with Crippen LogP contribution in [0.4, 0.5) is 0 Å². The third-order valence-electron chi connectivity index (χ3n) is 4.81. The van der Waals surface area contributed by atoms with Crippen molar-refractivity contribution in [1.82, 2.24) is 10.6 Å². The number of aliphatic hydroxyl groups excluding tert-OH is 10. The molecule has 0 bridgehead atoms. The molecule has 0 unspecified atom stereocenters. The minimum atomic E-state index is -1.64. The van der Waals surface area contributed by atoms with Crippen molar-refractivity contribution in [3.63, 3.8) is 0 Å². The summed E-state index contributed by atoms with van der Waals surface area (Å²) in [7, 11) is 0. The van der Waals surface area contributed by atoms with Crippen LogP contribution >= 0.6 is 0 Å². The van der Waals surface area contributed by atoms with E-state index >= 15 is 0 Å². The number of hydrogen-bond donors (Lipinski definition) is 12. The molecule has 0 aliphatic carbocycles. The molecule has 12 nitrogen and oxygen atoms in total. The lowest BCUT2D eigenvalue weighted by molar-refractivity contribution is -0.113. The molecule has 30 heavy (non-hydrogen) atoms. The average molecular weight is 445 g/mol. The second-order valence-electron chi connectivity index (χ2n) is 7.42. The molecular formula is C18H40N2O10. The van der Waals surface area contributed by atoms with Gasteiger partial charge in [0.1, 0.15) is 36.6 Å². The summed E-state index contributed by atoms with van der Waals surface area (Å²) in [5.74, 6) is 0. The van der Waals surface area contributed by atoms with Crippen molar-refractivity contribution in [2.45, 2.75) is 74.5 Å². The molecule has 0 aliphatic rings. The molecule has 0 spiro atoms. The Morgan fingerprint density at radius 1 is 0.433 bits per heavy atom. The number of unbranched alkanes of at least 4 members (excludes halogenated alkanes) is 3. The highest BCUT2D eigenvalue weighted by molar-refractivity contribution is 4.82. The van der Waals surface area contributed by atoms with Crippen molar-refractivity contribution in [2.75, 3.05) is 39.4 Å². The van der Waals surface area contributed by atoms with Crippen molar-refractivity contribution >= 4 is 0 Å². The minimum Gasteiger partial charge on any atom is -0.394 e. The zero-order valence-corrected chi connectivity index (χ0v) is 17.2. The normalized spacial score (nSPS) is 20.2. The van der Waals surface area contributed by atoms with Gasteiger partial charge in [-0.1, -0.05) is 12.8 Å².